The number of hydrogen-bond donors (Lipinski definition) is 2. The highest BCUT2D eigenvalue weighted by atomic mass is 16.2. The van der Waals surface area contributed by atoms with Crippen molar-refractivity contribution in [3.63, 3.8) is 0 Å². The maximum atomic E-state index is 12.5. The number of pyridine rings is 1. The Morgan fingerprint density at radius 2 is 1.73 bits per heavy atom. The number of amides is 2. The van der Waals surface area contributed by atoms with Crippen LogP contribution < -0.4 is 15.5 Å². The molecule has 0 spiro atoms. The lowest BCUT2D eigenvalue weighted by atomic mass is 10.1. The summed E-state index contributed by atoms with van der Waals surface area (Å²) in [5.41, 5.74) is 4.10. The summed E-state index contributed by atoms with van der Waals surface area (Å²) in [7, 11) is 0. The maximum Gasteiger partial charge on any atom is 0.319 e. The second-order valence-electron chi connectivity index (χ2n) is 8.08. The molecule has 5 nitrogen and oxygen atoms in total. The zero-order valence-electron chi connectivity index (χ0n) is 17.7. The summed E-state index contributed by atoms with van der Waals surface area (Å²) in [4.78, 5) is 19.3. The van der Waals surface area contributed by atoms with Gasteiger partial charge < -0.3 is 15.5 Å². The van der Waals surface area contributed by atoms with Crippen molar-refractivity contribution in [1.29, 1.82) is 0 Å². The largest absolute Gasteiger partial charge is 0.372 e. The van der Waals surface area contributed by atoms with E-state index in [-0.39, 0.29) is 6.03 Å². The summed E-state index contributed by atoms with van der Waals surface area (Å²) in [6, 6.07) is 16.2. The van der Waals surface area contributed by atoms with Crippen molar-refractivity contribution < 1.29 is 4.79 Å². The molecule has 2 N–H and O–H groups in total. The molecule has 0 unspecified atom stereocenters. The van der Waals surface area contributed by atoms with Gasteiger partial charge in [0.05, 0.1) is 5.69 Å². The number of urea groups is 1. The highest BCUT2D eigenvalue weighted by Crippen LogP contribution is 2.23. The summed E-state index contributed by atoms with van der Waals surface area (Å²) in [6.45, 7) is 4.73. The van der Waals surface area contributed by atoms with E-state index in [1.807, 2.05) is 37.4 Å². The van der Waals surface area contributed by atoms with Crippen LogP contribution in [-0.4, -0.2) is 24.1 Å². The van der Waals surface area contributed by atoms with E-state index in [1.165, 1.54) is 37.8 Å². The van der Waals surface area contributed by atoms with Gasteiger partial charge in [-0.05, 0) is 49.6 Å². The Bertz CT molecular complexity index is 992. The maximum absolute atomic E-state index is 12.5. The van der Waals surface area contributed by atoms with Crippen molar-refractivity contribution in [3.8, 4) is 0 Å². The lowest BCUT2D eigenvalue weighted by Gasteiger charge is -2.27. The average molecular weight is 403 g/mol. The number of aryl methyl sites for hydroxylation is 1. The number of carbonyl (C=O) groups excluding carboxylic acids is 1. The minimum atomic E-state index is -0.204. The molecule has 2 amide bonds. The van der Waals surface area contributed by atoms with Gasteiger partial charge in [-0.3, -0.25) is 4.98 Å². The molecule has 156 valence electrons. The van der Waals surface area contributed by atoms with E-state index in [0.29, 0.717) is 6.54 Å². The van der Waals surface area contributed by atoms with Gasteiger partial charge in [0, 0.05) is 48.0 Å². The SMILES string of the molecule is Cc1cc2c(NC(=O)NCc3ccc(N4CCCCCCC4)cc3)cccc2cn1. The third kappa shape index (κ3) is 5.09. The number of rotatable bonds is 4. The summed E-state index contributed by atoms with van der Waals surface area (Å²) in [6.07, 6.45) is 8.42. The molecule has 1 aliphatic heterocycles. The fourth-order valence-electron chi connectivity index (χ4n) is 4.06. The van der Waals surface area contributed by atoms with Crippen LogP contribution in [0.1, 0.15) is 43.4 Å². The Labute approximate surface area is 178 Å². The van der Waals surface area contributed by atoms with Gasteiger partial charge in [-0.1, -0.05) is 43.5 Å². The third-order valence-electron chi connectivity index (χ3n) is 5.76. The van der Waals surface area contributed by atoms with Crippen molar-refractivity contribution in [2.24, 2.45) is 0 Å². The molecular weight excluding hydrogens is 372 g/mol. The smallest absolute Gasteiger partial charge is 0.319 e. The molecule has 1 aromatic heterocycles. The number of benzene rings is 2. The fourth-order valence-corrected chi connectivity index (χ4v) is 4.06. The molecule has 0 radical (unpaired) electrons. The Balaban J connectivity index is 1.34. The number of aromatic nitrogens is 1. The van der Waals surface area contributed by atoms with Crippen molar-refractivity contribution in [2.45, 2.75) is 45.6 Å². The van der Waals surface area contributed by atoms with E-state index in [9.17, 15) is 4.79 Å². The molecule has 0 atom stereocenters. The Morgan fingerprint density at radius 1 is 1.00 bits per heavy atom. The fraction of sp³-hybridized carbons (Fsp3) is 0.360. The van der Waals surface area contributed by atoms with Crippen LogP contribution in [0, 0.1) is 6.92 Å². The van der Waals surface area contributed by atoms with Crippen LogP contribution in [0.25, 0.3) is 10.8 Å². The molecule has 0 aliphatic carbocycles. The Morgan fingerprint density at radius 3 is 2.50 bits per heavy atom. The van der Waals surface area contributed by atoms with Gasteiger partial charge in [-0.25, -0.2) is 4.79 Å². The molecule has 2 aromatic carbocycles. The molecule has 1 saturated heterocycles. The third-order valence-corrected chi connectivity index (χ3v) is 5.76. The average Bonchev–Trinajstić information content (AvgIpc) is 2.73. The van der Waals surface area contributed by atoms with Gasteiger partial charge in [-0.2, -0.15) is 0 Å². The summed E-state index contributed by atoms with van der Waals surface area (Å²) >= 11 is 0. The van der Waals surface area contributed by atoms with Crippen LogP contribution >= 0.6 is 0 Å². The molecular formula is C25H30N4O. The van der Waals surface area contributed by atoms with E-state index in [0.717, 1.165) is 40.8 Å². The second kappa shape index (κ2) is 9.61. The zero-order chi connectivity index (χ0) is 20.8. The van der Waals surface area contributed by atoms with Crippen molar-refractivity contribution >= 4 is 28.2 Å². The highest BCUT2D eigenvalue weighted by molar-refractivity contribution is 6.01. The summed E-state index contributed by atoms with van der Waals surface area (Å²) in [5.74, 6) is 0. The Hall–Kier alpha value is -3.08. The van der Waals surface area contributed by atoms with Crippen molar-refractivity contribution in [3.05, 3.63) is 66.0 Å². The van der Waals surface area contributed by atoms with Gasteiger partial charge in [0.2, 0.25) is 0 Å². The van der Waals surface area contributed by atoms with Crippen LogP contribution in [-0.2, 0) is 6.54 Å². The van der Waals surface area contributed by atoms with Crippen LogP contribution in [0.15, 0.2) is 54.7 Å². The first-order valence-electron chi connectivity index (χ1n) is 10.9. The van der Waals surface area contributed by atoms with Crippen LogP contribution in [0.5, 0.6) is 0 Å². The van der Waals surface area contributed by atoms with E-state index < -0.39 is 0 Å². The van der Waals surface area contributed by atoms with Crippen molar-refractivity contribution in [1.82, 2.24) is 10.3 Å². The van der Waals surface area contributed by atoms with Gasteiger partial charge >= 0.3 is 6.03 Å². The van der Waals surface area contributed by atoms with Gasteiger partial charge in [0.1, 0.15) is 0 Å². The lowest BCUT2D eigenvalue weighted by molar-refractivity contribution is 0.252. The minimum Gasteiger partial charge on any atom is -0.372 e. The molecule has 5 heteroatoms. The Kier molecular flexibility index (Phi) is 6.47. The van der Waals surface area contributed by atoms with E-state index >= 15 is 0 Å². The quantitative estimate of drug-likeness (QED) is 0.594. The van der Waals surface area contributed by atoms with E-state index in [2.05, 4.69) is 44.8 Å². The first kappa shape index (κ1) is 20.2. The van der Waals surface area contributed by atoms with Crippen LogP contribution in [0.4, 0.5) is 16.2 Å². The molecule has 1 aliphatic rings. The number of fused-ring (bicyclic) bond motifs is 1. The monoisotopic (exact) mass is 402 g/mol. The number of carbonyl (C=O) groups is 1. The summed E-state index contributed by atoms with van der Waals surface area (Å²) in [5, 5.41) is 7.95. The first-order valence-corrected chi connectivity index (χ1v) is 10.9. The molecule has 3 aromatic rings. The molecule has 0 bridgehead atoms. The number of nitrogens with one attached hydrogen (secondary N) is 2. The standard InChI is InChI=1S/C25H30N4O/c1-19-16-23-21(18-26-19)8-7-9-24(23)28-25(30)27-17-20-10-12-22(13-11-20)29-14-5-3-2-4-6-15-29/h7-13,16,18H,2-6,14-15,17H2,1H3,(H2,27,28,30). The molecule has 2 heterocycles. The molecule has 1 fully saturated rings. The topological polar surface area (TPSA) is 57.3 Å². The minimum absolute atomic E-state index is 0.204. The predicted octanol–water partition coefficient (Wildman–Crippen LogP) is 5.64. The van der Waals surface area contributed by atoms with Crippen LogP contribution in [0.3, 0.4) is 0 Å². The highest BCUT2D eigenvalue weighted by Gasteiger charge is 2.10. The van der Waals surface area contributed by atoms with E-state index in [1.54, 1.807) is 0 Å². The summed E-state index contributed by atoms with van der Waals surface area (Å²) < 4.78 is 0. The molecule has 4 rings (SSSR count). The molecule has 0 saturated carbocycles. The first-order chi connectivity index (χ1) is 14.7. The predicted molar refractivity (Wildman–Crippen MR) is 124 cm³/mol. The molecule has 30 heavy (non-hydrogen) atoms. The number of hydrogen-bond acceptors (Lipinski definition) is 3. The van der Waals surface area contributed by atoms with Gasteiger partial charge in [-0.15, -0.1) is 0 Å². The van der Waals surface area contributed by atoms with E-state index in [4.69, 9.17) is 0 Å². The second-order valence-corrected chi connectivity index (χ2v) is 8.08. The number of anilines is 2. The van der Waals surface area contributed by atoms with Gasteiger partial charge in [0.15, 0.2) is 0 Å². The van der Waals surface area contributed by atoms with Crippen LogP contribution in [0.2, 0.25) is 0 Å². The normalized spacial score (nSPS) is 14.8. The lowest BCUT2D eigenvalue weighted by Crippen LogP contribution is -2.28. The van der Waals surface area contributed by atoms with Crippen molar-refractivity contribution in [2.75, 3.05) is 23.3 Å². The number of nitrogens with zero attached hydrogens (tertiary/aromatic N) is 2. The van der Waals surface area contributed by atoms with Gasteiger partial charge in [0.25, 0.3) is 0 Å². The zero-order valence-corrected chi connectivity index (χ0v) is 17.7.